The Balaban J connectivity index is 2.05. The van der Waals surface area contributed by atoms with Crippen LogP contribution in [-0.4, -0.2) is 28.8 Å². The van der Waals surface area contributed by atoms with Gasteiger partial charge in [0.2, 0.25) is 5.91 Å². The first-order valence-corrected chi connectivity index (χ1v) is 8.37. The maximum absolute atomic E-state index is 12.3. The third-order valence-corrected chi connectivity index (χ3v) is 4.05. The summed E-state index contributed by atoms with van der Waals surface area (Å²) in [5.74, 6) is -0.269. The van der Waals surface area contributed by atoms with Crippen LogP contribution in [0.4, 0.5) is 11.4 Å². The molecule has 0 atom stereocenters. The normalized spacial score (nSPS) is 10.7. The molecule has 1 amide bonds. The fraction of sp³-hybridized carbons (Fsp3) is 0.316. The van der Waals surface area contributed by atoms with Crippen molar-refractivity contribution in [2.75, 3.05) is 18.4 Å². The van der Waals surface area contributed by atoms with Crippen LogP contribution in [0.25, 0.3) is 0 Å². The molecule has 0 saturated heterocycles. The molecule has 0 heterocycles. The summed E-state index contributed by atoms with van der Waals surface area (Å²) in [5.41, 5.74) is 2.19. The Hall–Kier alpha value is -2.73. The Bertz CT molecular complexity index is 742. The summed E-state index contributed by atoms with van der Waals surface area (Å²) in [6, 6.07) is 14.0. The molecule has 0 bridgehead atoms. The van der Waals surface area contributed by atoms with Crippen molar-refractivity contribution < 1.29 is 9.72 Å². The van der Waals surface area contributed by atoms with Gasteiger partial charge in [0.05, 0.1) is 11.3 Å². The lowest BCUT2D eigenvalue weighted by Crippen LogP contribution is -2.22. The molecule has 0 fully saturated rings. The molecule has 0 aliphatic heterocycles. The number of para-hydroxylation sites is 1. The van der Waals surface area contributed by atoms with Crippen LogP contribution in [0.2, 0.25) is 0 Å². The summed E-state index contributed by atoms with van der Waals surface area (Å²) in [5, 5.41) is 13.9. The Morgan fingerprint density at radius 3 is 2.52 bits per heavy atom. The number of rotatable bonds is 8. The van der Waals surface area contributed by atoms with Crippen LogP contribution in [0.3, 0.4) is 0 Å². The van der Waals surface area contributed by atoms with Crippen LogP contribution in [0.15, 0.2) is 48.5 Å². The molecule has 0 aromatic heterocycles. The first kappa shape index (κ1) is 18.6. The van der Waals surface area contributed by atoms with Gasteiger partial charge < -0.3 is 5.32 Å². The van der Waals surface area contributed by atoms with E-state index in [1.54, 1.807) is 18.2 Å². The Kier molecular flexibility index (Phi) is 6.65. The molecular weight excluding hydrogens is 318 g/mol. The van der Waals surface area contributed by atoms with Crippen LogP contribution in [0, 0.1) is 10.1 Å². The van der Waals surface area contributed by atoms with Gasteiger partial charge >= 0.3 is 0 Å². The van der Waals surface area contributed by atoms with Gasteiger partial charge in [-0.05, 0) is 30.8 Å². The fourth-order valence-electron chi connectivity index (χ4n) is 2.67. The highest BCUT2D eigenvalue weighted by Gasteiger charge is 2.15. The molecular formula is C19H23N3O3. The van der Waals surface area contributed by atoms with Gasteiger partial charge in [-0.2, -0.15) is 0 Å². The first-order valence-electron chi connectivity index (χ1n) is 8.37. The SMILES string of the molecule is CCN(CC)Cc1cccc(NC(=O)Cc2ccccc2[N+](=O)[O-])c1. The average molecular weight is 341 g/mol. The number of nitrogens with zero attached hydrogens (tertiary/aromatic N) is 2. The van der Waals surface area contributed by atoms with Crippen LogP contribution in [0.5, 0.6) is 0 Å². The van der Waals surface area contributed by atoms with E-state index in [9.17, 15) is 14.9 Å². The van der Waals surface area contributed by atoms with E-state index in [2.05, 4.69) is 24.1 Å². The number of anilines is 1. The summed E-state index contributed by atoms with van der Waals surface area (Å²) < 4.78 is 0. The zero-order valence-corrected chi connectivity index (χ0v) is 14.6. The van der Waals surface area contributed by atoms with E-state index in [1.807, 2.05) is 24.3 Å². The summed E-state index contributed by atoms with van der Waals surface area (Å²) in [7, 11) is 0. The Labute approximate surface area is 147 Å². The highest BCUT2D eigenvalue weighted by atomic mass is 16.6. The predicted molar refractivity (Wildman–Crippen MR) is 98.5 cm³/mol. The van der Waals surface area contributed by atoms with Gasteiger partial charge in [0.25, 0.3) is 5.69 Å². The number of amides is 1. The van der Waals surface area contributed by atoms with Crippen molar-refractivity contribution in [2.45, 2.75) is 26.8 Å². The molecule has 25 heavy (non-hydrogen) atoms. The molecule has 0 spiro atoms. The van der Waals surface area contributed by atoms with Crippen LogP contribution in [-0.2, 0) is 17.8 Å². The Morgan fingerprint density at radius 1 is 1.12 bits per heavy atom. The fourth-order valence-corrected chi connectivity index (χ4v) is 2.67. The van der Waals surface area contributed by atoms with Gasteiger partial charge in [0.1, 0.15) is 0 Å². The van der Waals surface area contributed by atoms with Crippen LogP contribution in [0.1, 0.15) is 25.0 Å². The smallest absolute Gasteiger partial charge is 0.273 e. The van der Waals surface area contributed by atoms with Crippen molar-refractivity contribution in [3.8, 4) is 0 Å². The summed E-state index contributed by atoms with van der Waals surface area (Å²) in [6.45, 7) is 6.97. The van der Waals surface area contributed by atoms with E-state index < -0.39 is 4.92 Å². The topological polar surface area (TPSA) is 75.5 Å². The second kappa shape index (κ2) is 8.94. The first-order chi connectivity index (χ1) is 12.0. The summed E-state index contributed by atoms with van der Waals surface area (Å²) in [6.07, 6.45) is -0.0303. The summed E-state index contributed by atoms with van der Waals surface area (Å²) >= 11 is 0. The molecule has 2 rings (SSSR count). The number of hydrogen-bond acceptors (Lipinski definition) is 4. The molecule has 1 N–H and O–H groups in total. The zero-order chi connectivity index (χ0) is 18.2. The Morgan fingerprint density at radius 2 is 1.84 bits per heavy atom. The van der Waals surface area contributed by atoms with E-state index in [0.717, 1.165) is 25.2 Å². The third-order valence-electron chi connectivity index (χ3n) is 4.05. The van der Waals surface area contributed by atoms with Crippen LogP contribution < -0.4 is 5.32 Å². The van der Waals surface area contributed by atoms with Crippen molar-refractivity contribution in [1.82, 2.24) is 4.90 Å². The van der Waals surface area contributed by atoms with E-state index in [0.29, 0.717) is 11.3 Å². The van der Waals surface area contributed by atoms with E-state index >= 15 is 0 Å². The minimum absolute atomic E-state index is 0.0303. The number of nitro benzene ring substituents is 1. The van der Waals surface area contributed by atoms with Gasteiger partial charge in [-0.15, -0.1) is 0 Å². The van der Waals surface area contributed by atoms with Gasteiger partial charge in [-0.1, -0.05) is 44.2 Å². The number of benzene rings is 2. The monoisotopic (exact) mass is 341 g/mol. The van der Waals surface area contributed by atoms with Gasteiger partial charge in [0.15, 0.2) is 0 Å². The van der Waals surface area contributed by atoms with Crippen molar-refractivity contribution in [3.05, 3.63) is 69.8 Å². The van der Waals surface area contributed by atoms with Gasteiger partial charge in [0, 0.05) is 23.9 Å². The molecule has 0 aliphatic carbocycles. The number of nitro groups is 1. The molecule has 2 aromatic carbocycles. The molecule has 2 aromatic rings. The lowest BCUT2D eigenvalue weighted by Gasteiger charge is -2.18. The highest BCUT2D eigenvalue weighted by Crippen LogP contribution is 2.19. The predicted octanol–water partition coefficient (Wildman–Crippen LogP) is 3.62. The second-order valence-corrected chi connectivity index (χ2v) is 5.77. The molecule has 0 radical (unpaired) electrons. The highest BCUT2D eigenvalue weighted by molar-refractivity contribution is 5.92. The number of nitrogens with one attached hydrogen (secondary N) is 1. The lowest BCUT2D eigenvalue weighted by molar-refractivity contribution is -0.385. The van der Waals surface area contributed by atoms with E-state index in [1.165, 1.54) is 6.07 Å². The number of carbonyl (C=O) groups is 1. The largest absolute Gasteiger partial charge is 0.326 e. The molecule has 6 heteroatoms. The maximum atomic E-state index is 12.3. The molecule has 0 saturated carbocycles. The van der Waals surface area contributed by atoms with Crippen molar-refractivity contribution in [2.24, 2.45) is 0 Å². The average Bonchev–Trinajstić information content (AvgIpc) is 2.60. The van der Waals surface area contributed by atoms with E-state index in [4.69, 9.17) is 0 Å². The minimum atomic E-state index is -0.465. The van der Waals surface area contributed by atoms with Gasteiger partial charge in [-0.3, -0.25) is 19.8 Å². The molecule has 0 unspecified atom stereocenters. The maximum Gasteiger partial charge on any atom is 0.273 e. The summed E-state index contributed by atoms with van der Waals surface area (Å²) in [4.78, 5) is 25.1. The van der Waals surface area contributed by atoms with Crippen molar-refractivity contribution in [3.63, 3.8) is 0 Å². The van der Waals surface area contributed by atoms with E-state index in [-0.39, 0.29) is 18.0 Å². The zero-order valence-electron chi connectivity index (χ0n) is 14.6. The molecule has 0 aliphatic rings. The van der Waals surface area contributed by atoms with Crippen LogP contribution >= 0.6 is 0 Å². The number of carbonyl (C=O) groups excluding carboxylic acids is 1. The lowest BCUT2D eigenvalue weighted by atomic mass is 10.1. The number of hydrogen-bond donors (Lipinski definition) is 1. The minimum Gasteiger partial charge on any atom is -0.326 e. The quantitative estimate of drug-likeness (QED) is 0.588. The molecule has 6 nitrogen and oxygen atoms in total. The molecule has 132 valence electrons. The van der Waals surface area contributed by atoms with Crippen molar-refractivity contribution in [1.29, 1.82) is 0 Å². The second-order valence-electron chi connectivity index (χ2n) is 5.77. The van der Waals surface area contributed by atoms with Gasteiger partial charge in [-0.25, -0.2) is 0 Å². The standard InChI is InChI=1S/C19H23N3O3/c1-3-21(4-2)14-15-8-7-10-17(12-15)20-19(23)13-16-9-5-6-11-18(16)22(24)25/h5-12H,3-4,13-14H2,1-2H3,(H,20,23). The third kappa shape index (κ3) is 5.39. The van der Waals surface area contributed by atoms with Crippen molar-refractivity contribution >= 4 is 17.3 Å².